The van der Waals surface area contributed by atoms with Gasteiger partial charge in [-0.15, -0.1) is 11.3 Å². The second-order valence-corrected chi connectivity index (χ2v) is 13.7. The number of hydrogen-bond donors (Lipinski definition) is 2. The van der Waals surface area contributed by atoms with Gasteiger partial charge in [-0.25, -0.2) is 13.2 Å². The van der Waals surface area contributed by atoms with E-state index in [1.54, 1.807) is 0 Å². The predicted octanol–water partition coefficient (Wildman–Crippen LogP) is 4.10. The molecular weight excluding hydrogens is 605 g/mol. The third-order valence-corrected chi connectivity index (χ3v) is 10.6. The van der Waals surface area contributed by atoms with Crippen molar-refractivity contribution in [1.29, 1.82) is 5.26 Å². The van der Waals surface area contributed by atoms with E-state index in [2.05, 4.69) is 10.3 Å². The molecule has 4 aromatic rings. The topological polar surface area (TPSA) is 125 Å². The fourth-order valence-corrected chi connectivity index (χ4v) is 8.24. The van der Waals surface area contributed by atoms with E-state index in [0.29, 0.717) is 44.7 Å². The Labute approximate surface area is 260 Å². The van der Waals surface area contributed by atoms with Gasteiger partial charge in [0.2, 0.25) is 0 Å². The van der Waals surface area contributed by atoms with E-state index in [4.69, 9.17) is 15.5 Å². The number of anilines is 2. The zero-order chi connectivity index (χ0) is 31.1. The maximum atomic E-state index is 17.2. The Morgan fingerprint density at radius 2 is 1.89 bits per heavy atom. The zero-order valence-corrected chi connectivity index (χ0v) is 25.3. The summed E-state index contributed by atoms with van der Waals surface area (Å²) in [6, 6.07) is 4.47. The minimum atomic E-state index is -0.967. The number of likely N-dealkylation sites (N-methyl/N-ethyl adjacent to an activating group) is 1. The number of nitrogen functional groups attached to an aromatic ring is 1. The Morgan fingerprint density at radius 1 is 1.13 bits per heavy atom. The Morgan fingerprint density at radius 3 is 2.56 bits per heavy atom. The van der Waals surface area contributed by atoms with E-state index in [-0.39, 0.29) is 79.6 Å². The molecule has 0 radical (unpaired) electrons. The van der Waals surface area contributed by atoms with Crippen molar-refractivity contribution in [1.82, 2.24) is 24.8 Å². The molecule has 4 atom stereocenters. The number of piperazine rings is 1. The van der Waals surface area contributed by atoms with Gasteiger partial charge in [0.05, 0.1) is 16.0 Å². The van der Waals surface area contributed by atoms with Gasteiger partial charge in [0.1, 0.15) is 46.4 Å². The quantitative estimate of drug-likeness (QED) is 0.322. The van der Waals surface area contributed by atoms with Crippen LogP contribution in [0.5, 0.6) is 6.01 Å². The van der Waals surface area contributed by atoms with Crippen LogP contribution in [0.25, 0.3) is 32.2 Å². The molecule has 3 unspecified atom stereocenters. The average Bonchev–Trinajstić information content (AvgIpc) is 3.61. The average molecular weight is 637 g/mol. The lowest BCUT2D eigenvalue weighted by Crippen LogP contribution is -2.51. The fraction of sp³-hybridized carbons (Fsp3) is 0.484. The first kappa shape index (κ1) is 28.5. The number of alkyl halides is 1. The summed E-state index contributed by atoms with van der Waals surface area (Å²) in [5.41, 5.74) is 5.60. The molecule has 234 valence electrons. The van der Waals surface area contributed by atoms with E-state index >= 15 is 4.39 Å². The molecule has 4 fully saturated rings. The summed E-state index contributed by atoms with van der Waals surface area (Å²) in [5, 5.41) is 13.8. The van der Waals surface area contributed by atoms with E-state index in [1.165, 1.54) is 16.7 Å². The lowest BCUT2D eigenvalue weighted by molar-refractivity contribution is 0.188. The van der Waals surface area contributed by atoms with Crippen molar-refractivity contribution in [2.24, 2.45) is 0 Å². The van der Waals surface area contributed by atoms with Crippen LogP contribution in [0.2, 0.25) is 0 Å². The molecule has 6 heterocycles. The largest absolute Gasteiger partial charge is 0.462 e. The summed E-state index contributed by atoms with van der Waals surface area (Å²) in [6.45, 7) is 1.56. The number of nitrogens with zero attached hydrogens (tertiary/aromatic N) is 6. The highest BCUT2D eigenvalue weighted by Gasteiger charge is 2.38. The molecule has 1 aliphatic carbocycles. The Bertz CT molecular complexity index is 1960. The van der Waals surface area contributed by atoms with Gasteiger partial charge in [-0.1, -0.05) is 0 Å². The molecule has 45 heavy (non-hydrogen) atoms. The van der Waals surface area contributed by atoms with Crippen LogP contribution in [-0.2, 0) is 0 Å². The third kappa shape index (κ3) is 4.62. The molecule has 4 aliphatic rings. The summed E-state index contributed by atoms with van der Waals surface area (Å²) in [7, 11) is 1.82. The standard InChI is InChI=1S/C31H31F3N8O2S/c1-40-10-14(32)8-18(40)13-44-31-38-25-23(29(39-31)41-11-15-2-3-16(12-41)37-15)30(43)42(17-4-5-17)26(24(25)34)19-6-7-21(33)27-22(19)20(9-35)28(36)45-27/h6-7,14-18,37H,2-5,8,10-13,36H2,1H3/t14?,15?,16?,18-/m0/s1. The van der Waals surface area contributed by atoms with Gasteiger partial charge < -0.3 is 25.3 Å². The van der Waals surface area contributed by atoms with Crippen LogP contribution in [0.3, 0.4) is 0 Å². The number of hydrogen-bond acceptors (Lipinski definition) is 10. The first-order valence-electron chi connectivity index (χ1n) is 15.3. The number of nitrogens with two attached hydrogens (primary N) is 1. The molecule has 14 heteroatoms. The van der Waals surface area contributed by atoms with Gasteiger partial charge in [-0.3, -0.25) is 9.69 Å². The van der Waals surface area contributed by atoms with E-state index in [9.17, 15) is 18.8 Å². The van der Waals surface area contributed by atoms with Gasteiger partial charge in [0.15, 0.2) is 5.82 Å². The van der Waals surface area contributed by atoms with Crippen molar-refractivity contribution in [2.75, 3.05) is 43.9 Å². The van der Waals surface area contributed by atoms with Crippen molar-refractivity contribution in [3.05, 3.63) is 39.7 Å². The van der Waals surface area contributed by atoms with E-state index in [0.717, 1.165) is 24.2 Å². The number of fused-ring (bicyclic) bond motifs is 4. The van der Waals surface area contributed by atoms with E-state index < -0.39 is 23.4 Å². The SMILES string of the molecule is CN1CC(F)C[C@H]1COc1nc(N2CC3CCC(C2)N3)c2c(=O)n(C3CC3)c(-c3ccc(F)c4sc(N)c(C#N)c34)c(F)c2n1. The monoisotopic (exact) mass is 636 g/mol. The molecule has 8 rings (SSSR count). The van der Waals surface area contributed by atoms with Crippen molar-refractivity contribution < 1.29 is 17.9 Å². The number of nitrogens with one attached hydrogen (secondary N) is 1. The van der Waals surface area contributed by atoms with Crippen molar-refractivity contribution in [2.45, 2.75) is 62.4 Å². The molecule has 0 amide bonds. The predicted molar refractivity (Wildman–Crippen MR) is 166 cm³/mol. The zero-order valence-electron chi connectivity index (χ0n) is 24.5. The number of thiophene rings is 1. The maximum absolute atomic E-state index is 17.2. The summed E-state index contributed by atoms with van der Waals surface area (Å²) in [4.78, 5) is 27.6. The highest BCUT2D eigenvalue weighted by Crippen LogP contribution is 2.45. The highest BCUT2D eigenvalue weighted by atomic mass is 32.1. The van der Waals surface area contributed by atoms with Crippen LogP contribution in [0.1, 0.15) is 43.7 Å². The molecule has 0 spiro atoms. The van der Waals surface area contributed by atoms with Gasteiger partial charge in [-0.05, 0) is 51.3 Å². The number of ether oxygens (including phenoxy) is 1. The molecule has 10 nitrogen and oxygen atoms in total. The van der Waals surface area contributed by atoms with Gasteiger partial charge in [0.25, 0.3) is 5.56 Å². The lowest BCUT2D eigenvalue weighted by atomic mass is 10.0. The van der Waals surface area contributed by atoms with Crippen LogP contribution in [0.4, 0.5) is 24.0 Å². The third-order valence-electron chi connectivity index (χ3n) is 9.61. The second-order valence-electron chi connectivity index (χ2n) is 12.7. The molecule has 3 N–H and O–H groups in total. The first-order valence-corrected chi connectivity index (χ1v) is 16.1. The van der Waals surface area contributed by atoms with Crippen LogP contribution < -0.4 is 26.2 Å². The van der Waals surface area contributed by atoms with Crippen LogP contribution >= 0.6 is 11.3 Å². The van der Waals surface area contributed by atoms with Crippen molar-refractivity contribution in [3.8, 4) is 23.3 Å². The number of pyridine rings is 1. The number of likely N-dealkylation sites (tertiary alicyclic amines) is 1. The molecule has 1 aromatic carbocycles. The molecule has 2 bridgehead atoms. The number of rotatable bonds is 6. The molecule has 3 aromatic heterocycles. The van der Waals surface area contributed by atoms with Crippen LogP contribution in [-0.4, -0.2) is 77.0 Å². The molecule has 1 saturated carbocycles. The minimum Gasteiger partial charge on any atom is -0.462 e. The fourth-order valence-electron chi connectivity index (χ4n) is 7.29. The molecule has 3 saturated heterocycles. The van der Waals surface area contributed by atoms with E-state index in [1.807, 2.05) is 22.9 Å². The summed E-state index contributed by atoms with van der Waals surface area (Å²) in [6.07, 6.45) is 2.64. The Balaban J connectivity index is 1.36. The van der Waals surface area contributed by atoms with Crippen LogP contribution in [0, 0.1) is 23.0 Å². The number of nitriles is 1. The number of halogens is 3. The van der Waals surface area contributed by atoms with Gasteiger partial charge in [0, 0.05) is 54.8 Å². The van der Waals surface area contributed by atoms with Crippen molar-refractivity contribution in [3.63, 3.8) is 0 Å². The van der Waals surface area contributed by atoms with Crippen molar-refractivity contribution >= 4 is 43.1 Å². The molecular formula is C31H31F3N8O2S. The lowest BCUT2D eigenvalue weighted by Gasteiger charge is -2.34. The number of benzene rings is 1. The normalized spacial score (nSPS) is 25.0. The summed E-state index contributed by atoms with van der Waals surface area (Å²) < 4.78 is 53.8. The number of aromatic nitrogens is 3. The smallest absolute Gasteiger partial charge is 0.319 e. The Kier molecular flexibility index (Phi) is 6.70. The van der Waals surface area contributed by atoms with Gasteiger partial charge in [-0.2, -0.15) is 15.2 Å². The molecule has 3 aliphatic heterocycles. The summed E-state index contributed by atoms with van der Waals surface area (Å²) in [5.74, 6) is -1.07. The van der Waals surface area contributed by atoms with Gasteiger partial charge >= 0.3 is 6.01 Å². The summed E-state index contributed by atoms with van der Waals surface area (Å²) >= 11 is 0.913. The second kappa shape index (κ2) is 10.6. The minimum absolute atomic E-state index is 0.0364. The highest BCUT2D eigenvalue weighted by molar-refractivity contribution is 7.23. The van der Waals surface area contributed by atoms with Crippen LogP contribution in [0.15, 0.2) is 16.9 Å². The maximum Gasteiger partial charge on any atom is 0.319 e. The first-order chi connectivity index (χ1) is 21.7. The Hall–Kier alpha value is -3.93.